The van der Waals surface area contributed by atoms with Gasteiger partial charge < -0.3 is 18.9 Å². The molecule has 4 amide bonds. The van der Waals surface area contributed by atoms with Crippen molar-refractivity contribution in [2.24, 2.45) is 23.7 Å². The number of nitrogens with zero attached hydrogens (tertiary/aromatic N) is 2. The minimum atomic E-state index is -1.36. The first kappa shape index (κ1) is 28.8. The fourth-order valence-corrected chi connectivity index (χ4v) is 6.31. The van der Waals surface area contributed by atoms with Crippen molar-refractivity contribution >= 4 is 58.9 Å². The van der Waals surface area contributed by atoms with Gasteiger partial charge in [0.1, 0.15) is 24.2 Å². The van der Waals surface area contributed by atoms with Gasteiger partial charge >= 0.3 is 23.9 Å². The predicted octanol–water partition coefficient (Wildman–Crippen LogP) is -2.73. The van der Waals surface area contributed by atoms with E-state index in [1.807, 2.05) is 0 Å². The molecule has 222 valence electrons. The van der Waals surface area contributed by atoms with Gasteiger partial charge in [-0.15, -0.1) is 0 Å². The Morgan fingerprint density at radius 1 is 0.524 bits per heavy atom. The van der Waals surface area contributed by atoms with Gasteiger partial charge in [-0.05, 0) is 12.1 Å². The minimum absolute atomic E-state index is 0.187. The van der Waals surface area contributed by atoms with Gasteiger partial charge in [0.2, 0.25) is 23.6 Å². The number of carbonyl (C=O) groups excluding carboxylic acids is 8. The molecule has 0 bridgehead atoms. The van der Waals surface area contributed by atoms with Crippen molar-refractivity contribution in [2.75, 3.05) is 38.2 Å². The number of rotatable bonds is 6. The number of methoxy groups -OCH3 is 4. The summed E-state index contributed by atoms with van der Waals surface area (Å²) in [6.45, 7) is 0. The number of benzene rings is 1. The number of esters is 4. The number of para-hydroxylation sites is 2. The number of fused-ring (bicyclic) bond motifs is 2. The Morgan fingerprint density at radius 3 is 0.976 bits per heavy atom. The summed E-state index contributed by atoms with van der Waals surface area (Å²) < 4.78 is 19.1. The van der Waals surface area contributed by atoms with Gasteiger partial charge in [-0.25, -0.2) is 9.80 Å². The van der Waals surface area contributed by atoms with Crippen LogP contribution in [0.15, 0.2) is 24.3 Å². The van der Waals surface area contributed by atoms with Gasteiger partial charge in [0.25, 0.3) is 0 Å². The van der Waals surface area contributed by atoms with E-state index < -0.39 is 95.3 Å². The van der Waals surface area contributed by atoms with Crippen LogP contribution in [0.4, 0.5) is 11.4 Å². The van der Waals surface area contributed by atoms with E-state index in [0.29, 0.717) is 9.80 Å². The Labute approximate surface area is 237 Å². The Hall–Kier alpha value is -4.70. The number of hydrogen-bond donors (Lipinski definition) is 2. The second-order valence-corrected chi connectivity index (χ2v) is 9.95. The number of amides is 4. The molecule has 1 aromatic rings. The van der Waals surface area contributed by atoms with E-state index in [1.54, 1.807) is 0 Å². The number of anilines is 2. The summed E-state index contributed by atoms with van der Waals surface area (Å²) in [4.78, 5) is 106. The molecule has 0 aliphatic carbocycles. The van der Waals surface area contributed by atoms with Crippen LogP contribution in [0.1, 0.15) is 0 Å². The van der Waals surface area contributed by atoms with Crippen molar-refractivity contribution in [1.29, 1.82) is 0 Å². The van der Waals surface area contributed by atoms with Gasteiger partial charge in [0.15, 0.2) is 0 Å². The summed E-state index contributed by atoms with van der Waals surface area (Å²) in [5.41, 5.74) is -0.374. The number of carbonyl (C=O) groups is 8. The van der Waals surface area contributed by atoms with Gasteiger partial charge in [0.05, 0.1) is 63.5 Å². The van der Waals surface area contributed by atoms with E-state index >= 15 is 0 Å². The van der Waals surface area contributed by atoms with Crippen LogP contribution in [0.3, 0.4) is 0 Å². The number of imide groups is 2. The topological polar surface area (TPSA) is 204 Å². The van der Waals surface area contributed by atoms with Gasteiger partial charge in [0, 0.05) is 0 Å². The van der Waals surface area contributed by atoms with Gasteiger partial charge in [-0.2, -0.15) is 0 Å². The molecule has 8 unspecified atom stereocenters. The Balaban J connectivity index is 1.57. The maximum atomic E-state index is 13.8. The smallest absolute Gasteiger partial charge is 0.323 e. The quantitative estimate of drug-likeness (QED) is 0.197. The maximum Gasteiger partial charge on any atom is 0.323 e. The molecule has 0 radical (unpaired) electrons. The summed E-state index contributed by atoms with van der Waals surface area (Å²) in [6, 6.07) is 0.0661. The highest BCUT2D eigenvalue weighted by atomic mass is 16.5. The zero-order valence-electron chi connectivity index (χ0n) is 22.7. The Morgan fingerprint density at radius 2 is 0.762 bits per heavy atom. The summed E-state index contributed by atoms with van der Waals surface area (Å²) in [5, 5.41) is 5.30. The average molecular weight is 587 g/mol. The summed E-state index contributed by atoms with van der Waals surface area (Å²) in [5.74, 6) is -12.5. The molecule has 42 heavy (non-hydrogen) atoms. The van der Waals surface area contributed by atoms with E-state index in [9.17, 15) is 38.4 Å². The fourth-order valence-electron chi connectivity index (χ4n) is 6.31. The molecule has 4 aliphatic heterocycles. The lowest BCUT2D eigenvalue weighted by molar-refractivity contribution is -0.147. The third kappa shape index (κ3) is 3.97. The van der Waals surface area contributed by atoms with E-state index in [4.69, 9.17) is 18.9 Å². The van der Waals surface area contributed by atoms with Gasteiger partial charge in [-0.3, -0.25) is 49.0 Å². The molecule has 16 heteroatoms. The third-order valence-electron chi connectivity index (χ3n) is 8.13. The lowest BCUT2D eigenvalue weighted by atomic mass is 9.89. The minimum Gasteiger partial charge on any atom is -0.468 e. The monoisotopic (exact) mass is 586 g/mol. The van der Waals surface area contributed by atoms with Crippen LogP contribution in [0, 0.1) is 23.7 Å². The van der Waals surface area contributed by atoms with Crippen molar-refractivity contribution in [2.45, 2.75) is 24.2 Å². The molecular weight excluding hydrogens is 560 g/mol. The summed E-state index contributed by atoms with van der Waals surface area (Å²) in [7, 11) is 4.33. The van der Waals surface area contributed by atoms with Crippen molar-refractivity contribution in [3.05, 3.63) is 24.3 Å². The normalized spacial score (nSPS) is 31.6. The largest absolute Gasteiger partial charge is 0.468 e. The van der Waals surface area contributed by atoms with Gasteiger partial charge in [-0.1, -0.05) is 12.1 Å². The zero-order valence-corrected chi connectivity index (χ0v) is 22.7. The number of hydrogen-bond acceptors (Lipinski definition) is 14. The molecule has 8 atom stereocenters. The maximum absolute atomic E-state index is 13.8. The molecule has 5 rings (SSSR count). The number of ether oxygens (including phenoxy) is 4. The molecule has 16 nitrogen and oxygen atoms in total. The Bertz CT molecular complexity index is 1240. The molecular formula is C26H26N4O12. The second kappa shape index (κ2) is 10.6. The SMILES string of the molecule is COC(=O)C1NC(C(=O)OC)C2C(=O)N(c3ccccc3N3C(=O)C4C(C(=O)OC)NC(C(=O)OC)C4C3=O)C(=O)C12. The molecule has 0 aromatic heterocycles. The van der Waals surface area contributed by atoms with Crippen molar-refractivity contribution in [3.8, 4) is 0 Å². The van der Waals surface area contributed by atoms with Crippen LogP contribution in [-0.4, -0.2) is 100 Å². The molecule has 4 aliphatic rings. The van der Waals surface area contributed by atoms with Crippen LogP contribution >= 0.6 is 0 Å². The lowest BCUT2D eigenvalue weighted by Gasteiger charge is -2.26. The van der Waals surface area contributed by atoms with E-state index in [2.05, 4.69) is 10.6 Å². The van der Waals surface area contributed by atoms with Crippen molar-refractivity contribution < 1.29 is 57.3 Å². The number of nitrogens with one attached hydrogen (secondary N) is 2. The first-order chi connectivity index (χ1) is 20.0. The average Bonchev–Trinajstić information content (AvgIpc) is 3.72. The van der Waals surface area contributed by atoms with E-state index in [1.165, 1.54) is 24.3 Å². The van der Waals surface area contributed by atoms with E-state index in [0.717, 1.165) is 28.4 Å². The molecule has 4 heterocycles. The van der Waals surface area contributed by atoms with Crippen molar-refractivity contribution in [1.82, 2.24) is 10.6 Å². The van der Waals surface area contributed by atoms with Crippen LogP contribution < -0.4 is 20.4 Å². The molecule has 2 N–H and O–H groups in total. The van der Waals surface area contributed by atoms with Crippen LogP contribution in [-0.2, 0) is 57.3 Å². The standard InChI is InChI=1S/C26H26N4O12/c1-39-23(35)15-11-12(16(27-15)24(36)40-2)20(32)29(19(11)31)9-7-5-6-8-10(9)30-21(33)13-14(22(30)34)18(26(38)42-4)28-17(13)25(37)41-3/h5-8,11-18,27-28H,1-4H3. The highest BCUT2D eigenvalue weighted by Crippen LogP contribution is 2.46. The predicted molar refractivity (Wildman–Crippen MR) is 135 cm³/mol. The van der Waals surface area contributed by atoms with Crippen LogP contribution in [0.2, 0.25) is 0 Å². The summed E-state index contributed by atoms with van der Waals surface area (Å²) in [6.07, 6.45) is 0. The van der Waals surface area contributed by atoms with E-state index in [-0.39, 0.29) is 11.4 Å². The molecule has 4 saturated heterocycles. The highest BCUT2D eigenvalue weighted by molar-refractivity contribution is 6.30. The molecule has 1 aromatic carbocycles. The first-order valence-corrected chi connectivity index (χ1v) is 12.7. The highest BCUT2D eigenvalue weighted by Gasteiger charge is 2.66. The Kier molecular flexibility index (Phi) is 7.28. The lowest BCUT2D eigenvalue weighted by Crippen LogP contribution is -2.49. The zero-order chi connectivity index (χ0) is 30.6. The molecule has 4 fully saturated rings. The summed E-state index contributed by atoms with van der Waals surface area (Å²) >= 11 is 0. The second-order valence-electron chi connectivity index (χ2n) is 9.95. The van der Waals surface area contributed by atoms with Crippen LogP contribution in [0.25, 0.3) is 0 Å². The molecule has 0 spiro atoms. The first-order valence-electron chi connectivity index (χ1n) is 12.7. The molecule has 0 saturated carbocycles. The van der Waals surface area contributed by atoms with Crippen molar-refractivity contribution in [3.63, 3.8) is 0 Å². The third-order valence-corrected chi connectivity index (χ3v) is 8.13. The van der Waals surface area contributed by atoms with Crippen LogP contribution in [0.5, 0.6) is 0 Å². The fraction of sp³-hybridized carbons (Fsp3) is 0.462.